The van der Waals surface area contributed by atoms with Crippen LogP contribution < -0.4 is 0 Å². The number of benzene rings is 2. The number of ketones is 2. The van der Waals surface area contributed by atoms with Crippen molar-refractivity contribution < 1.29 is 28.7 Å². The second kappa shape index (κ2) is 9.16. The quantitative estimate of drug-likeness (QED) is 0.250. The van der Waals surface area contributed by atoms with E-state index in [0.29, 0.717) is 24.3 Å². The number of hydrogen-bond donors (Lipinski definition) is 0. The summed E-state index contributed by atoms with van der Waals surface area (Å²) >= 11 is 0. The Morgan fingerprint density at radius 3 is 1.79 bits per heavy atom. The van der Waals surface area contributed by atoms with Crippen molar-refractivity contribution in [3.05, 3.63) is 71.8 Å². The van der Waals surface area contributed by atoms with Gasteiger partial charge in [0.1, 0.15) is 6.10 Å². The summed E-state index contributed by atoms with van der Waals surface area (Å²) in [5, 5.41) is 3.77. The molecule has 2 heterocycles. The molecule has 2 unspecified atom stereocenters. The molecule has 2 aromatic carbocycles. The van der Waals surface area contributed by atoms with Crippen molar-refractivity contribution in [2.24, 2.45) is 5.16 Å². The van der Waals surface area contributed by atoms with Crippen molar-refractivity contribution in [2.75, 3.05) is 13.2 Å². The highest BCUT2D eigenvalue weighted by molar-refractivity contribution is 6.51. The van der Waals surface area contributed by atoms with E-state index in [4.69, 9.17) is 9.57 Å². The lowest BCUT2D eigenvalue weighted by molar-refractivity contribution is -0.145. The Balaban J connectivity index is 0.000000320. The molecule has 2 saturated heterocycles. The zero-order valence-electron chi connectivity index (χ0n) is 15.2. The summed E-state index contributed by atoms with van der Waals surface area (Å²) in [7, 11) is 0. The van der Waals surface area contributed by atoms with E-state index in [9.17, 15) is 14.4 Å². The fourth-order valence-corrected chi connectivity index (χ4v) is 2.16. The molecular weight excluding hydrogens is 362 g/mol. The van der Waals surface area contributed by atoms with Gasteiger partial charge in [-0.15, -0.1) is 0 Å². The molecule has 28 heavy (non-hydrogen) atoms. The minimum Gasteiger partial charge on any atom is -0.365 e. The summed E-state index contributed by atoms with van der Waals surface area (Å²) < 4.78 is 9.45. The lowest BCUT2D eigenvalue weighted by Gasteiger charge is -2.05. The van der Waals surface area contributed by atoms with E-state index in [0.717, 1.165) is 0 Å². The topological polar surface area (TPSA) is 97.9 Å². The summed E-state index contributed by atoms with van der Waals surface area (Å²) in [6, 6.07) is 17.6. The maximum absolute atomic E-state index is 12.6. The molecule has 0 spiro atoms. The van der Waals surface area contributed by atoms with E-state index in [1.54, 1.807) is 48.5 Å². The first-order valence-electron chi connectivity index (χ1n) is 8.74. The first-order chi connectivity index (χ1) is 13.6. The lowest BCUT2D eigenvalue weighted by Crippen LogP contribution is -2.18. The second-order valence-corrected chi connectivity index (χ2v) is 6.17. The number of ether oxygens (including phenoxy) is 2. The van der Waals surface area contributed by atoms with E-state index in [1.807, 2.05) is 12.1 Å². The molecule has 0 N–H and O–H groups in total. The number of rotatable bonds is 6. The zero-order chi connectivity index (χ0) is 19.9. The molecule has 2 fully saturated rings. The standard InChI is InChI=1S/C17H13NO4.C4H6O2/c19-16(13-9-5-2-6-10-13)15(12-7-3-1-4-8-12)18-22-17(20)14-11-21-14;1-3(5)4-2-6-4/h1-10,14H,11H2;4H,2H2,1H3. The van der Waals surface area contributed by atoms with Gasteiger partial charge in [0.2, 0.25) is 5.78 Å². The number of nitrogens with zero attached hydrogens (tertiary/aromatic N) is 1. The van der Waals surface area contributed by atoms with Crippen LogP contribution in [0.1, 0.15) is 22.8 Å². The average Bonchev–Trinajstić information content (AvgIpc) is 3.61. The fraction of sp³-hybridized carbons (Fsp3) is 0.238. The van der Waals surface area contributed by atoms with Gasteiger partial charge in [0.15, 0.2) is 17.6 Å². The highest BCUT2D eigenvalue weighted by Crippen LogP contribution is 2.13. The number of carbonyl (C=O) groups excluding carboxylic acids is 3. The predicted octanol–water partition coefficient (Wildman–Crippen LogP) is 2.19. The number of carbonyl (C=O) groups is 3. The van der Waals surface area contributed by atoms with Gasteiger partial charge in [-0.2, -0.15) is 0 Å². The number of epoxide rings is 2. The third-order valence-corrected chi connectivity index (χ3v) is 3.91. The molecule has 0 aliphatic carbocycles. The Morgan fingerprint density at radius 2 is 1.36 bits per heavy atom. The van der Waals surface area contributed by atoms with Crippen LogP contribution in [0.15, 0.2) is 65.8 Å². The van der Waals surface area contributed by atoms with Gasteiger partial charge < -0.3 is 14.3 Å². The molecule has 2 aromatic rings. The third-order valence-electron chi connectivity index (χ3n) is 3.91. The molecule has 0 radical (unpaired) electrons. The number of hydrogen-bond acceptors (Lipinski definition) is 7. The Morgan fingerprint density at radius 1 is 0.857 bits per heavy atom. The molecule has 0 aromatic heterocycles. The van der Waals surface area contributed by atoms with E-state index >= 15 is 0 Å². The van der Waals surface area contributed by atoms with Crippen LogP contribution in [0.5, 0.6) is 0 Å². The summed E-state index contributed by atoms with van der Waals surface area (Å²) in [4.78, 5) is 39.0. The fourth-order valence-electron chi connectivity index (χ4n) is 2.16. The Hall–Kier alpha value is -3.16. The third kappa shape index (κ3) is 5.67. The largest absolute Gasteiger partial charge is 0.365 e. The van der Waals surface area contributed by atoms with Crippen LogP contribution in [0, 0.1) is 0 Å². The minimum absolute atomic E-state index is 0.0370. The molecule has 0 bridgehead atoms. The highest BCUT2D eigenvalue weighted by Gasteiger charge is 2.34. The van der Waals surface area contributed by atoms with Crippen LogP contribution in [-0.2, 0) is 23.9 Å². The van der Waals surface area contributed by atoms with Gasteiger partial charge in [0, 0.05) is 11.1 Å². The maximum atomic E-state index is 12.6. The van der Waals surface area contributed by atoms with Crippen LogP contribution >= 0.6 is 0 Å². The first-order valence-corrected chi connectivity index (χ1v) is 8.74. The van der Waals surface area contributed by atoms with Crippen LogP contribution in [0.3, 0.4) is 0 Å². The lowest BCUT2D eigenvalue weighted by atomic mass is 10.0. The van der Waals surface area contributed by atoms with E-state index in [1.165, 1.54) is 6.92 Å². The zero-order valence-corrected chi connectivity index (χ0v) is 15.2. The Kier molecular flexibility index (Phi) is 6.41. The summed E-state index contributed by atoms with van der Waals surface area (Å²) in [5.41, 5.74) is 1.14. The van der Waals surface area contributed by atoms with E-state index < -0.39 is 12.1 Å². The van der Waals surface area contributed by atoms with Crippen LogP contribution in [-0.4, -0.2) is 48.7 Å². The van der Waals surface area contributed by atoms with Crippen LogP contribution in [0.2, 0.25) is 0 Å². The average molecular weight is 381 g/mol. The summed E-state index contributed by atoms with van der Waals surface area (Å²) in [5.74, 6) is -0.749. The Labute approximate surface area is 161 Å². The van der Waals surface area contributed by atoms with Crippen LogP contribution in [0.4, 0.5) is 0 Å². The van der Waals surface area contributed by atoms with Crippen molar-refractivity contribution in [1.29, 1.82) is 0 Å². The van der Waals surface area contributed by atoms with E-state index in [2.05, 4.69) is 9.89 Å². The van der Waals surface area contributed by atoms with Gasteiger partial charge in [-0.25, -0.2) is 4.79 Å². The van der Waals surface area contributed by atoms with E-state index in [-0.39, 0.29) is 23.4 Å². The van der Waals surface area contributed by atoms with Crippen LogP contribution in [0.25, 0.3) is 0 Å². The molecule has 7 heteroatoms. The number of Topliss-reactive ketones (excluding diaryl/α,β-unsaturated/α-hetero) is 2. The smallest absolute Gasteiger partial charge is 0.365 e. The molecule has 4 rings (SSSR count). The van der Waals surface area contributed by atoms with Gasteiger partial charge in [-0.1, -0.05) is 65.8 Å². The summed E-state index contributed by atoms with van der Waals surface area (Å²) in [6.45, 7) is 2.52. The molecule has 2 aliphatic rings. The molecule has 0 amide bonds. The van der Waals surface area contributed by atoms with Gasteiger partial charge in [0.05, 0.1) is 13.2 Å². The molecule has 0 saturated carbocycles. The molecule has 144 valence electrons. The van der Waals surface area contributed by atoms with Gasteiger partial charge >= 0.3 is 5.97 Å². The molecule has 2 atom stereocenters. The molecule has 2 aliphatic heterocycles. The Bertz CT molecular complexity index is 870. The predicted molar refractivity (Wildman–Crippen MR) is 100 cm³/mol. The monoisotopic (exact) mass is 381 g/mol. The first kappa shape index (κ1) is 19.6. The van der Waals surface area contributed by atoms with Gasteiger partial charge in [-0.05, 0) is 6.92 Å². The minimum atomic E-state index is -0.589. The van der Waals surface area contributed by atoms with Crippen molar-refractivity contribution in [3.63, 3.8) is 0 Å². The van der Waals surface area contributed by atoms with Crippen molar-refractivity contribution in [1.82, 2.24) is 0 Å². The number of oxime groups is 1. The molecule has 7 nitrogen and oxygen atoms in total. The summed E-state index contributed by atoms with van der Waals surface area (Å²) in [6.07, 6.45) is -0.599. The second-order valence-electron chi connectivity index (χ2n) is 6.17. The van der Waals surface area contributed by atoms with Crippen molar-refractivity contribution in [2.45, 2.75) is 19.1 Å². The van der Waals surface area contributed by atoms with Gasteiger partial charge in [-0.3, -0.25) is 9.59 Å². The van der Waals surface area contributed by atoms with Gasteiger partial charge in [0.25, 0.3) is 0 Å². The van der Waals surface area contributed by atoms with Crippen molar-refractivity contribution >= 4 is 23.2 Å². The molecular formula is C21H19NO6. The normalized spacial score (nSPS) is 19.7. The SMILES string of the molecule is CC(=O)C1CO1.O=C(C(=NOC(=O)C1CO1)c1ccccc1)c1ccccc1. The highest BCUT2D eigenvalue weighted by atomic mass is 16.7. The van der Waals surface area contributed by atoms with Crippen molar-refractivity contribution in [3.8, 4) is 0 Å². The maximum Gasteiger partial charge on any atom is 0.365 e.